The summed E-state index contributed by atoms with van der Waals surface area (Å²) >= 11 is 0. The molecule has 39 heavy (non-hydrogen) atoms. The molecule has 0 saturated heterocycles. The lowest BCUT2D eigenvalue weighted by Crippen LogP contribution is -2.29. The number of hydrogen-bond donors (Lipinski definition) is 3. The van der Waals surface area contributed by atoms with Gasteiger partial charge in [-0.25, -0.2) is 4.39 Å². The molecule has 1 amide bonds. The molecule has 1 atom stereocenters. The number of carbonyl (C=O) groups excluding carboxylic acids is 3. The van der Waals surface area contributed by atoms with Crippen LogP contribution in [0.3, 0.4) is 0 Å². The fraction of sp³-hybridized carbons (Fsp3) is 0.281. The second kappa shape index (κ2) is 19.0. The summed E-state index contributed by atoms with van der Waals surface area (Å²) in [5.41, 5.74) is 4.72. The van der Waals surface area contributed by atoms with Crippen molar-refractivity contribution < 1.29 is 18.8 Å². The van der Waals surface area contributed by atoms with Crippen LogP contribution >= 0.6 is 0 Å². The Hall–Kier alpha value is -4.12. The lowest BCUT2D eigenvalue weighted by atomic mass is 10.1. The maximum Gasteiger partial charge on any atom is 0.230 e. The highest BCUT2D eigenvalue weighted by molar-refractivity contribution is 5.99. The first-order valence-electron chi connectivity index (χ1n) is 12.6. The maximum atomic E-state index is 12.9. The number of Topliss-reactive ketones (excluding diaryl/α,β-unsaturated/α-hetero) is 2. The van der Waals surface area contributed by atoms with E-state index in [2.05, 4.69) is 22.5 Å². The normalized spacial score (nSPS) is 10.0. The van der Waals surface area contributed by atoms with Crippen molar-refractivity contribution >= 4 is 17.5 Å². The molecule has 0 heterocycles. The zero-order valence-electron chi connectivity index (χ0n) is 23.7. The number of amides is 1. The van der Waals surface area contributed by atoms with Gasteiger partial charge < -0.3 is 16.8 Å². The van der Waals surface area contributed by atoms with Gasteiger partial charge in [-0.1, -0.05) is 62.1 Å². The molecule has 1 unspecified atom stereocenters. The van der Waals surface area contributed by atoms with Crippen LogP contribution in [0.2, 0.25) is 0 Å². The van der Waals surface area contributed by atoms with E-state index in [1.807, 2.05) is 50.2 Å². The van der Waals surface area contributed by atoms with Crippen LogP contribution in [0.15, 0.2) is 72.8 Å². The standard InChI is InChI=1S/C24H20FNO.C6H11NO2.C2H6.H3N/c1-18(27)23-12-8-20(9-13-23)3-2-19-4-6-21(7-5-19)16-26-17-22-10-14-24(25)15-11-22;1-4(5(2)8)6(9)7-3;1-2;/h4-15,26H,16-17H2,1H3;4H,1-3H3,(H,7,9);1-2H3;1H3. The summed E-state index contributed by atoms with van der Waals surface area (Å²) in [6, 6.07) is 21.9. The van der Waals surface area contributed by atoms with Crippen LogP contribution in [0, 0.1) is 23.6 Å². The van der Waals surface area contributed by atoms with E-state index in [-0.39, 0.29) is 29.4 Å². The van der Waals surface area contributed by atoms with Crippen molar-refractivity contribution in [3.63, 3.8) is 0 Å². The van der Waals surface area contributed by atoms with Gasteiger partial charge in [0.15, 0.2) is 5.78 Å². The second-order valence-electron chi connectivity index (χ2n) is 8.26. The predicted octanol–water partition coefficient (Wildman–Crippen LogP) is 5.86. The molecule has 0 bridgehead atoms. The van der Waals surface area contributed by atoms with Gasteiger partial charge in [0, 0.05) is 36.8 Å². The van der Waals surface area contributed by atoms with Gasteiger partial charge in [-0.3, -0.25) is 14.4 Å². The van der Waals surface area contributed by atoms with Crippen molar-refractivity contribution in [1.82, 2.24) is 16.8 Å². The van der Waals surface area contributed by atoms with Crippen molar-refractivity contribution in [2.45, 2.75) is 47.7 Å². The fourth-order valence-electron chi connectivity index (χ4n) is 2.99. The predicted molar refractivity (Wildman–Crippen MR) is 156 cm³/mol. The molecule has 3 rings (SSSR count). The molecule has 0 spiro atoms. The molecule has 3 aromatic rings. The van der Waals surface area contributed by atoms with Crippen molar-refractivity contribution in [3.05, 3.63) is 106 Å². The Labute approximate surface area is 232 Å². The molecular formula is C32H40FN3O3. The first-order valence-corrected chi connectivity index (χ1v) is 12.6. The number of carbonyl (C=O) groups is 3. The first-order chi connectivity index (χ1) is 18.2. The van der Waals surface area contributed by atoms with Crippen LogP contribution in [0.5, 0.6) is 0 Å². The SMILES string of the molecule is CC.CC(=O)c1ccc(C#Cc2ccc(CNCc3ccc(F)cc3)cc2)cc1.CNC(=O)C(C)C(C)=O.N. The summed E-state index contributed by atoms with van der Waals surface area (Å²) in [5.74, 6) is 5.25. The molecule has 0 aliphatic carbocycles. The van der Waals surface area contributed by atoms with Crippen molar-refractivity contribution in [2.24, 2.45) is 5.92 Å². The summed E-state index contributed by atoms with van der Waals surface area (Å²) in [6.07, 6.45) is 0. The highest BCUT2D eigenvalue weighted by atomic mass is 19.1. The van der Waals surface area contributed by atoms with Crippen LogP contribution in [-0.2, 0) is 22.7 Å². The third-order valence-electron chi connectivity index (χ3n) is 5.42. The highest BCUT2D eigenvalue weighted by Gasteiger charge is 2.14. The molecule has 0 aliphatic rings. The maximum absolute atomic E-state index is 12.9. The summed E-state index contributed by atoms with van der Waals surface area (Å²) < 4.78 is 12.9. The van der Waals surface area contributed by atoms with Gasteiger partial charge in [0.2, 0.25) is 5.91 Å². The van der Waals surface area contributed by atoms with E-state index in [1.165, 1.54) is 26.1 Å². The van der Waals surface area contributed by atoms with E-state index in [0.717, 1.165) is 28.8 Å². The molecule has 3 aromatic carbocycles. The topological polar surface area (TPSA) is 110 Å². The quantitative estimate of drug-likeness (QED) is 0.200. The molecule has 0 aliphatic heterocycles. The van der Waals surface area contributed by atoms with Gasteiger partial charge in [-0.2, -0.15) is 0 Å². The highest BCUT2D eigenvalue weighted by Crippen LogP contribution is 2.07. The smallest absolute Gasteiger partial charge is 0.230 e. The Morgan fingerprint density at radius 3 is 1.54 bits per heavy atom. The minimum Gasteiger partial charge on any atom is -0.359 e. The lowest BCUT2D eigenvalue weighted by Gasteiger charge is -2.05. The summed E-state index contributed by atoms with van der Waals surface area (Å²) in [7, 11) is 1.52. The first kappa shape index (κ1) is 34.9. The van der Waals surface area contributed by atoms with E-state index >= 15 is 0 Å². The van der Waals surface area contributed by atoms with Gasteiger partial charge >= 0.3 is 0 Å². The molecule has 6 nitrogen and oxygen atoms in total. The Bertz CT molecular complexity index is 1230. The Balaban J connectivity index is 0.00000103. The fourth-order valence-corrected chi connectivity index (χ4v) is 2.99. The lowest BCUT2D eigenvalue weighted by molar-refractivity contribution is -0.131. The van der Waals surface area contributed by atoms with E-state index in [1.54, 1.807) is 38.1 Å². The summed E-state index contributed by atoms with van der Waals surface area (Å²) in [4.78, 5) is 32.4. The Morgan fingerprint density at radius 1 is 0.769 bits per heavy atom. The summed E-state index contributed by atoms with van der Waals surface area (Å²) in [6.45, 7) is 9.97. The average molecular weight is 534 g/mol. The number of benzene rings is 3. The molecule has 0 aromatic heterocycles. The number of rotatable bonds is 7. The van der Waals surface area contributed by atoms with E-state index < -0.39 is 5.92 Å². The van der Waals surface area contributed by atoms with Crippen LogP contribution in [0.4, 0.5) is 4.39 Å². The molecule has 0 fully saturated rings. The van der Waals surface area contributed by atoms with Gasteiger partial charge in [-0.15, -0.1) is 0 Å². The van der Waals surface area contributed by atoms with Gasteiger partial charge in [0.1, 0.15) is 11.6 Å². The van der Waals surface area contributed by atoms with Gasteiger partial charge in [-0.05, 0) is 68.3 Å². The second-order valence-corrected chi connectivity index (χ2v) is 8.26. The average Bonchev–Trinajstić information content (AvgIpc) is 2.94. The zero-order valence-corrected chi connectivity index (χ0v) is 23.7. The molecule has 5 N–H and O–H groups in total. The number of nitrogens with one attached hydrogen (secondary N) is 2. The van der Waals surface area contributed by atoms with Crippen LogP contribution in [0.25, 0.3) is 0 Å². The monoisotopic (exact) mass is 533 g/mol. The minimum absolute atomic E-state index is 0. The zero-order chi connectivity index (χ0) is 28.5. The molecule has 7 heteroatoms. The number of ketones is 2. The van der Waals surface area contributed by atoms with Crippen LogP contribution < -0.4 is 16.8 Å². The number of hydrogen-bond acceptors (Lipinski definition) is 5. The van der Waals surface area contributed by atoms with Crippen molar-refractivity contribution in [2.75, 3.05) is 7.05 Å². The van der Waals surface area contributed by atoms with Gasteiger partial charge in [0.05, 0.1) is 5.92 Å². The largest absolute Gasteiger partial charge is 0.359 e. The minimum atomic E-state index is -0.505. The van der Waals surface area contributed by atoms with Crippen molar-refractivity contribution in [3.8, 4) is 11.8 Å². The van der Waals surface area contributed by atoms with E-state index in [9.17, 15) is 18.8 Å². The Kier molecular flexibility index (Phi) is 17.0. The summed E-state index contributed by atoms with van der Waals surface area (Å²) in [5, 5.41) is 5.73. The molecule has 208 valence electrons. The molecule has 0 saturated carbocycles. The van der Waals surface area contributed by atoms with Crippen LogP contribution in [-0.4, -0.2) is 24.5 Å². The van der Waals surface area contributed by atoms with E-state index in [0.29, 0.717) is 12.1 Å². The van der Waals surface area contributed by atoms with Crippen molar-refractivity contribution in [1.29, 1.82) is 0 Å². The Morgan fingerprint density at radius 2 is 1.18 bits per heavy atom. The third-order valence-corrected chi connectivity index (χ3v) is 5.42. The number of halogens is 1. The van der Waals surface area contributed by atoms with Crippen LogP contribution in [0.1, 0.15) is 67.2 Å². The van der Waals surface area contributed by atoms with E-state index in [4.69, 9.17) is 0 Å². The third kappa shape index (κ3) is 13.3. The van der Waals surface area contributed by atoms with Gasteiger partial charge in [0.25, 0.3) is 0 Å². The molecular weight excluding hydrogens is 493 g/mol. The molecule has 0 radical (unpaired) electrons.